The molecule has 0 fully saturated rings. The van der Waals surface area contributed by atoms with Crippen molar-refractivity contribution in [3.63, 3.8) is 0 Å². The Bertz CT molecular complexity index is 1150. The summed E-state index contributed by atoms with van der Waals surface area (Å²) in [6.45, 7) is 0. The highest BCUT2D eigenvalue weighted by Gasteiger charge is 2.30. The molecule has 5 nitrogen and oxygen atoms in total. The first-order valence-electron chi connectivity index (χ1n) is 8.08. The van der Waals surface area contributed by atoms with E-state index in [1.165, 1.54) is 37.7 Å². The van der Waals surface area contributed by atoms with Gasteiger partial charge < -0.3 is 9.72 Å². The fraction of sp³-hybridized carbons (Fsp3) is 0.105. The monoisotopic (exact) mass is 388 g/mol. The van der Waals surface area contributed by atoms with Gasteiger partial charge in [-0.2, -0.15) is 13.2 Å². The molecule has 2 heterocycles. The third kappa shape index (κ3) is 3.26. The minimum atomic E-state index is -4.47. The summed E-state index contributed by atoms with van der Waals surface area (Å²) in [5, 5.41) is 0. The average Bonchev–Trinajstić information content (AvgIpc) is 3.10. The van der Waals surface area contributed by atoms with E-state index in [-0.39, 0.29) is 22.9 Å². The van der Waals surface area contributed by atoms with Crippen LogP contribution < -0.4 is 4.74 Å². The number of H-pyrrole nitrogens is 1. The summed E-state index contributed by atoms with van der Waals surface area (Å²) in [7, 11) is 1.44. The maximum atomic E-state index is 14.7. The van der Waals surface area contributed by atoms with Gasteiger partial charge in [-0.15, -0.1) is 0 Å². The molecular formula is C19H12F4N4O. The number of nitrogens with one attached hydrogen (secondary N) is 1. The van der Waals surface area contributed by atoms with Crippen LogP contribution >= 0.6 is 0 Å². The first-order valence-corrected chi connectivity index (χ1v) is 8.08. The summed E-state index contributed by atoms with van der Waals surface area (Å²) in [6, 6.07) is 7.77. The van der Waals surface area contributed by atoms with Crippen molar-refractivity contribution < 1.29 is 22.3 Å². The fourth-order valence-corrected chi connectivity index (χ4v) is 2.77. The second-order valence-electron chi connectivity index (χ2n) is 5.97. The normalized spacial score (nSPS) is 11.8. The predicted molar refractivity (Wildman–Crippen MR) is 94.1 cm³/mol. The summed E-state index contributed by atoms with van der Waals surface area (Å²) >= 11 is 0. The van der Waals surface area contributed by atoms with Crippen molar-refractivity contribution >= 4 is 11.0 Å². The lowest BCUT2D eigenvalue weighted by Crippen LogP contribution is -2.04. The van der Waals surface area contributed by atoms with Gasteiger partial charge in [0.1, 0.15) is 11.6 Å². The Morgan fingerprint density at radius 1 is 0.964 bits per heavy atom. The molecule has 0 aliphatic rings. The van der Waals surface area contributed by atoms with E-state index in [1.54, 1.807) is 6.07 Å². The molecule has 0 aliphatic heterocycles. The molecule has 4 aromatic rings. The van der Waals surface area contributed by atoms with Crippen molar-refractivity contribution in [2.24, 2.45) is 0 Å². The molecule has 0 saturated carbocycles. The van der Waals surface area contributed by atoms with Crippen LogP contribution in [-0.4, -0.2) is 27.0 Å². The van der Waals surface area contributed by atoms with E-state index in [2.05, 4.69) is 19.9 Å². The molecule has 0 spiro atoms. The van der Waals surface area contributed by atoms with Crippen LogP contribution in [0.5, 0.6) is 6.01 Å². The van der Waals surface area contributed by atoms with Crippen molar-refractivity contribution in [2.45, 2.75) is 6.18 Å². The Labute approximate surface area is 156 Å². The third-order valence-electron chi connectivity index (χ3n) is 4.18. The highest BCUT2D eigenvalue weighted by atomic mass is 19.4. The number of methoxy groups -OCH3 is 1. The Hall–Kier alpha value is -3.49. The molecule has 2 aromatic heterocycles. The van der Waals surface area contributed by atoms with E-state index >= 15 is 0 Å². The number of halogens is 4. The SMILES string of the molecule is COc1ncc(-c2ccc(-c3nc4ccc(C(F)(F)F)cc4[nH]3)c(F)c2)cn1. The minimum absolute atomic E-state index is 0.142. The van der Waals surface area contributed by atoms with Crippen LogP contribution in [0.15, 0.2) is 48.8 Å². The number of imidazole rings is 1. The van der Waals surface area contributed by atoms with Gasteiger partial charge in [0.15, 0.2) is 0 Å². The second-order valence-corrected chi connectivity index (χ2v) is 5.97. The first kappa shape index (κ1) is 17.9. The molecule has 0 saturated heterocycles. The predicted octanol–water partition coefficient (Wildman–Crippen LogP) is 4.85. The summed E-state index contributed by atoms with van der Waals surface area (Å²) in [6.07, 6.45) is -1.47. The Morgan fingerprint density at radius 2 is 1.71 bits per heavy atom. The Morgan fingerprint density at radius 3 is 2.36 bits per heavy atom. The third-order valence-corrected chi connectivity index (χ3v) is 4.18. The van der Waals surface area contributed by atoms with Crippen molar-refractivity contribution in [1.29, 1.82) is 0 Å². The number of ether oxygens (including phenoxy) is 1. The molecule has 0 amide bonds. The molecule has 2 aromatic carbocycles. The van der Waals surface area contributed by atoms with Gasteiger partial charge in [0.2, 0.25) is 0 Å². The number of hydrogen-bond donors (Lipinski definition) is 1. The fourth-order valence-electron chi connectivity index (χ4n) is 2.77. The van der Waals surface area contributed by atoms with E-state index in [4.69, 9.17) is 4.74 Å². The van der Waals surface area contributed by atoms with Gasteiger partial charge in [0.05, 0.1) is 29.3 Å². The zero-order valence-electron chi connectivity index (χ0n) is 14.4. The lowest BCUT2D eigenvalue weighted by molar-refractivity contribution is -0.137. The van der Waals surface area contributed by atoms with E-state index in [9.17, 15) is 17.6 Å². The van der Waals surface area contributed by atoms with Gasteiger partial charge in [-0.25, -0.2) is 19.3 Å². The van der Waals surface area contributed by atoms with Crippen LogP contribution in [0.25, 0.3) is 33.5 Å². The number of hydrogen-bond acceptors (Lipinski definition) is 4. The number of benzene rings is 2. The molecule has 9 heteroatoms. The summed E-state index contributed by atoms with van der Waals surface area (Å²) < 4.78 is 58.1. The zero-order valence-corrected chi connectivity index (χ0v) is 14.4. The quantitative estimate of drug-likeness (QED) is 0.510. The number of aromatic nitrogens is 4. The maximum absolute atomic E-state index is 14.7. The molecule has 142 valence electrons. The lowest BCUT2D eigenvalue weighted by atomic mass is 10.1. The average molecular weight is 388 g/mol. The number of nitrogens with zero attached hydrogens (tertiary/aromatic N) is 3. The first-order chi connectivity index (χ1) is 13.3. The molecule has 0 bridgehead atoms. The molecule has 4 rings (SSSR count). The van der Waals surface area contributed by atoms with Crippen LogP contribution in [0.3, 0.4) is 0 Å². The van der Waals surface area contributed by atoms with Crippen LogP contribution in [0.1, 0.15) is 5.56 Å². The standard InChI is InChI=1S/C19H12F4N4O/c1-28-18-24-8-11(9-25-18)10-2-4-13(14(20)6-10)17-26-15-5-3-12(19(21,22)23)7-16(15)27-17/h2-9H,1H3,(H,26,27). The molecule has 28 heavy (non-hydrogen) atoms. The Kier molecular flexibility index (Phi) is 4.21. The maximum Gasteiger partial charge on any atom is 0.416 e. The number of fused-ring (bicyclic) bond motifs is 1. The molecule has 0 atom stereocenters. The van der Waals surface area contributed by atoms with Crippen LogP contribution in [0, 0.1) is 5.82 Å². The van der Waals surface area contributed by atoms with Gasteiger partial charge in [0.25, 0.3) is 0 Å². The molecular weight excluding hydrogens is 376 g/mol. The van der Waals surface area contributed by atoms with Gasteiger partial charge in [-0.3, -0.25) is 0 Å². The largest absolute Gasteiger partial charge is 0.467 e. The van der Waals surface area contributed by atoms with Crippen LogP contribution in [0.2, 0.25) is 0 Å². The molecule has 0 unspecified atom stereocenters. The number of aromatic amines is 1. The van der Waals surface area contributed by atoms with E-state index in [1.807, 2.05) is 0 Å². The highest BCUT2D eigenvalue weighted by Crippen LogP contribution is 2.32. The topological polar surface area (TPSA) is 63.7 Å². The van der Waals surface area contributed by atoms with E-state index in [0.717, 1.165) is 12.1 Å². The smallest absolute Gasteiger partial charge is 0.416 e. The Balaban J connectivity index is 1.71. The van der Waals surface area contributed by atoms with E-state index in [0.29, 0.717) is 16.6 Å². The van der Waals surface area contributed by atoms with Gasteiger partial charge in [0, 0.05) is 18.0 Å². The van der Waals surface area contributed by atoms with E-state index < -0.39 is 17.6 Å². The van der Waals surface area contributed by atoms with Crippen LogP contribution in [0.4, 0.5) is 17.6 Å². The summed E-state index contributed by atoms with van der Waals surface area (Å²) in [5.41, 5.74) is 0.963. The number of alkyl halides is 3. The van der Waals surface area contributed by atoms with Crippen molar-refractivity contribution in [3.05, 3.63) is 60.2 Å². The minimum Gasteiger partial charge on any atom is -0.467 e. The van der Waals surface area contributed by atoms with Crippen molar-refractivity contribution in [1.82, 2.24) is 19.9 Å². The van der Waals surface area contributed by atoms with Crippen molar-refractivity contribution in [2.75, 3.05) is 7.11 Å². The second kappa shape index (κ2) is 6.59. The lowest BCUT2D eigenvalue weighted by Gasteiger charge is -2.05. The highest BCUT2D eigenvalue weighted by molar-refractivity contribution is 5.80. The van der Waals surface area contributed by atoms with Gasteiger partial charge in [-0.1, -0.05) is 6.07 Å². The van der Waals surface area contributed by atoms with Crippen molar-refractivity contribution in [3.8, 4) is 28.5 Å². The molecule has 0 aliphatic carbocycles. The van der Waals surface area contributed by atoms with Crippen LogP contribution in [-0.2, 0) is 6.18 Å². The zero-order chi connectivity index (χ0) is 19.9. The van der Waals surface area contributed by atoms with Gasteiger partial charge in [-0.05, 0) is 35.9 Å². The molecule has 1 N–H and O–H groups in total. The van der Waals surface area contributed by atoms with Gasteiger partial charge >= 0.3 is 12.2 Å². The summed E-state index contributed by atoms with van der Waals surface area (Å²) in [4.78, 5) is 14.9. The summed E-state index contributed by atoms with van der Waals surface area (Å²) in [5.74, 6) is -0.437. The molecule has 0 radical (unpaired) electrons. The number of rotatable bonds is 3.